The van der Waals surface area contributed by atoms with Crippen molar-refractivity contribution < 1.29 is 13.9 Å². The molecule has 3 aromatic rings. The van der Waals surface area contributed by atoms with E-state index in [0.717, 1.165) is 11.1 Å². The van der Waals surface area contributed by atoms with Gasteiger partial charge in [-0.25, -0.2) is 4.39 Å². The van der Waals surface area contributed by atoms with E-state index in [4.69, 9.17) is 21.1 Å². The number of halogens is 2. The van der Waals surface area contributed by atoms with E-state index in [2.05, 4.69) is 10.3 Å². The van der Waals surface area contributed by atoms with Crippen molar-refractivity contribution in [2.45, 2.75) is 26.6 Å². The molecule has 6 heteroatoms. The standard InChI is InChI=1S/C22H22ClFN2O2/c1-2-27-21-11-18(14-26-13-16-7-9-25-10-8-16)19(23)12-22(21)28-15-17-5-3-4-6-20(17)24/h3-12,26H,2,13-15H2,1H3. The molecule has 0 bridgehead atoms. The zero-order valence-electron chi connectivity index (χ0n) is 15.6. The van der Waals surface area contributed by atoms with Crippen LogP contribution in [0.1, 0.15) is 23.6 Å². The Hall–Kier alpha value is -2.63. The molecule has 0 aliphatic heterocycles. The number of pyridine rings is 1. The van der Waals surface area contributed by atoms with Crippen LogP contribution in [0.15, 0.2) is 60.9 Å². The van der Waals surface area contributed by atoms with E-state index in [1.165, 1.54) is 6.07 Å². The number of hydrogen-bond acceptors (Lipinski definition) is 4. The van der Waals surface area contributed by atoms with Crippen LogP contribution in [0.4, 0.5) is 4.39 Å². The van der Waals surface area contributed by atoms with E-state index in [0.29, 0.717) is 41.8 Å². The summed E-state index contributed by atoms with van der Waals surface area (Å²) >= 11 is 6.44. The van der Waals surface area contributed by atoms with Crippen molar-refractivity contribution in [3.63, 3.8) is 0 Å². The van der Waals surface area contributed by atoms with Gasteiger partial charge in [-0.3, -0.25) is 4.98 Å². The summed E-state index contributed by atoms with van der Waals surface area (Å²) in [6, 6.07) is 14.0. The van der Waals surface area contributed by atoms with Crippen molar-refractivity contribution in [1.82, 2.24) is 10.3 Å². The zero-order chi connectivity index (χ0) is 19.8. The van der Waals surface area contributed by atoms with Gasteiger partial charge in [0.05, 0.1) is 6.61 Å². The van der Waals surface area contributed by atoms with E-state index in [1.807, 2.05) is 25.1 Å². The molecule has 0 aliphatic carbocycles. The molecule has 0 saturated heterocycles. The lowest BCUT2D eigenvalue weighted by Crippen LogP contribution is -2.13. The molecule has 1 heterocycles. The lowest BCUT2D eigenvalue weighted by Gasteiger charge is -2.15. The molecular formula is C22H22ClFN2O2. The Morgan fingerprint density at radius 3 is 2.46 bits per heavy atom. The maximum Gasteiger partial charge on any atom is 0.163 e. The molecule has 0 amide bonds. The van der Waals surface area contributed by atoms with Crippen LogP contribution in [0, 0.1) is 5.82 Å². The number of ether oxygens (including phenoxy) is 2. The van der Waals surface area contributed by atoms with Crippen LogP contribution in [0.3, 0.4) is 0 Å². The van der Waals surface area contributed by atoms with Gasteiger partial charge in [0, 0.05) is 42.1 Å². The molecule has 0 spiro atoms. The van der Waals surface area contributed by atoms with Gasteiger partial charge in [-0.15, -0.1) is 0 Å². The Labute approximate surface area is 169 Å². The Morgan fingerprint density at radius 2 is 1.71 bits per heavy atom. The average molecular weight is 401 g/mol. The molecule has 28 heavy (non-hydrogen) atoms. The minimum Gasteiger partial charge on any atom is -0.490 e. The zero-order valence-corrected chi connectivity index (χ0v) is 16.4. The Morgan fingerprint density at radius 1 is 0.964 bits per heavy atom. The van der Waals surface area contributed by atoms with Crippen LogP contribution < -0.4 is 14.8 Å². The molecule has 0 atom stereocenters. The molecule has 0 radical (unpaired) electrons. The van der Waals surface area contributed by atoms with E-state index in [1.54, 1.807) is 36.7 Å². The number of rotatable bonds is 9. The van der Waals surface area contributed by atoms with Gasteiger partial charge in [0.2, 0.25) is 0 Å². The van der Waals surface area contributed by atoms with Crippen molar-refractivity contribution >= 4 is 11.6 Å². The molecule has 146 valence electrons. The lowest BCUT2D eigenvalue weighted by molar-refractivity contribution is 0.265. The molecule has 1 N–H and O–H groups in total. The van der Waals surface area contributed by atoms with Gasteiger partial charge in [-0.2, -0.15) is 0 Å². The van der Waals surface area contributed by atoms with Gasteiger partial charge in [0.1, 0.15) is 12.4 Å². The lowest BCUT2D eigenvalue weighted by atomic mass is 10.2. The Kier molecular flexibility index (Phi) is 7.23. The number of nitrogens with zero attached hydrogens (tertiary/aromatic N) is 1. The first kappa shape index (κ1) is 20.1. The van der Waals surface area contributed by atoms with Crippen LogP contribution in [-0.4, -0.2) is 11.6 Å². The number of aromatic nitrogens is 1. The van der Waals surface area contributed by atoms with Gasteiger partial charge in [0.25, 0.3) is 0 Å². The third-order valence-electron chi connectivity index (χ3n) is 4.15. The molecule has 2 aromatic carbocycles. The predicted octanol–water partition coefficient (Wildman–Crippen LogP) is 5.14. The van der Waals surface area contributed by atoms with Crippen LogP contribution in [0.2, 0.25) is 5.02 Å². The molecular weight excluding hydrogens is 379 g/mol. The Bertz CT molecular complexity index is 906. The topological polar surface area (TPSA) is 43.4 Å². The van der Waals surface area contributed by atoms with Gasteiger partial charge in [-0.1, -0.05) is 29.8 Å². The quantitative estimate of drug-likeness (QED) is 0.540. The van der Waals surface area contributed by atoms with Gasteiger partial charge in [0.15, 0.2) is 11.5 Å². The van der Waals surface area contributed by atoms with Crippen molar-refractivity contribution in [2.24, 2.45) is 0 Å². The fourth-order valence-electron chi connectivity index (χ4n) is 2.71. The molecule has 4 nitrogen and oxygen atoms in total. The fourth-order valence-corrected chi connectivity index (χ4v) is 2.93. The largest absolute Gasteiger partial charge is 0.490 e. The highest BCUT2D eigenvalue weighted by atomic mass is 35.5. The maximum absolute atomic E-state index is 13.8. The van der Waals surface area contributed by atoms with Crippen molar-refractivity contribution in [2.75, 3.05) is 6.61 Å². The van der Waals surface area contributed by atoms with Gasteiger partial charge in [-0.05, 0) is 42.3 Å². The summed E-state index contributed by atoms with van der Waals surface area (Å²) < 4.78 is 25.3. The van der Waals surface area contributed by atoms with Gasteiger partial charge >= 0.3 is 0 Å². The highest BCUT2D eigenvalue weighted by Gasteiger charge is 2.12. The van der Waals surface area contributed by atoms with Crippen LogP contribution in [-0.2, 0) is 19.7 Å². The van der Waals surface area contributed by atoms with Crippen molar-refractivity contribution in [3.05, 3.63) is 88.5 Å². The summed E-state index contributed by atoms with van der Waals surface area (Å²) in [5, 5.41) is 3.92. The first-order chi connectivity index (χ1) is 13.7. The highest BCUT2D eigenvalue weighted by molar-refractivity contribution is 6.31. The number of hydrogen-bond donors (Lipinski definition) is 1. The van der Waals surface area contributed by atoms with Crippen molar-refractivity contribution in [1.29, 1.82) is 0 Å². The first-order valence-electron chi connectivity index (χ1n) is 9.08. The smallest absolute Gasteiger partial charge is 0.163 e. The number of nitrogens with one attached hydrogen (secondary N) is 1. The molecule has 1 aromatic heterocycles. The summed E-state index contributed by atoms with van der Waals surface area (Å²) in [6.45, 7) is 3.77. The molecule has 0 saturated carbocycles. The van der Waals surface area contributed by atoms with Crippen LogP contribution >= 0.6 is 11.6 Å². The second-order valence-electron chi connectivity index (χ2n) is 6.16. The third kappa shape index (κ3) is 5.44. The fraction of sp³-hybridized carbons (Fsp3) is 0.227. The van der Waals surface area contributed by atoms with E-state index in [-0.39, 0.29) is 12.4 Å². The van der Waals surface area contributed by atoms with E-state index < -0.39 is 0 Å². The van der Waals surface area contributed by atoms with Crippen molar-refractivity contribution in [3.8, 4) is 11.5 Å². The molecule has 0 unspecified atom stereocenters. The van der Waals surface area contributed by atoms with Crippen LogP contribution in [0.5, 0.6) is 11.5 Å². The second kappa shape index (κ2) is 10.1. The number of benzene rings is 2. The summed E-state index contributed by atoms with van der Waals surface area (Å²) in [5.41, 5.74) is 2.52. The molecule has 0 aliphatic rings. The SMILES string of the molecule is CCOc1cc(CNCc2ccncc2)c(Cl)cc1OCc1ccccc1F. The summed E-state index contributed by atoms with van der Waals surface area (Å²) in [5.74, 6) is 0.778. The molecule has 3 rings (SSSR count). The summed E-state index contributed by atoms with van der Waals surface area (Å²) in [4.78, 5) is 4.01. The normalized spacial score (nSPS) is 10.7. The van der Waals surface area contributed by atoms with Gasteiger partial charge < -0.3 is 14.8 Å². The highest BCUT2D eigenvalue weighted by Crippen LogP contribution is 2.34. The third-order valence-corrected chi connectivity index (χ3v) is 4.50. The summed E-state index contributed by atoms with van der Waals surface area (Å²) in [7, 11) is 0. The van der Waals surface area contributed by atoms with E-state index >= 15 is 0 Å². The monoisotopic (exact) mass is 400 g/mol. The predicted molar refractivity (Wildman–Crippen MR) is 108 cm³/mol. The minimum atomic E-state index is -0.302. The van der Waals surface area contributed by atoms with E-state index in [9.17, 15) is 4.39 Å². The summed E-state index contributed by atoms with van der Waals surface area (Å²) in [6.07, 6.45) is 3.53. The minimum absolute atomic E-state index is 0.0999. The van der Waals surface area contributed by atoms with Crippen LogP contribution in [0.25, 0.3) is 0 Å². The first-order valence-corrected chi connectivity index (χ1v) is 9.46. The Balaban J connectivity index is 1.69. The average Bonchev–Trinajstić information content (AvgIpc) is 2.71. The molecule has 0 fully saturated rings. The second-order valence-corrected chi connectivity index (χ2v) is 6.57. The maximum atomic E-state index is 13.8.